The fraction of sp³-hybridized carbons (Fsp3) is 0.143. The Kier molecular flexibility index (Phi) is 2.18. The summed E-state index contributed by atoms with van der Waals surface area (Å²) in [5.74, 6) is -0.465. The molecule has 4 heteroatoms. The molecule has 4 nitrogen and oxygen atoms in total. The van der Waals surface area contributed by atoms with E-state index in [1.165, 1.54) is 6.20 Å². The molecule has 1 rings (SSSR count). The van der Waals surface area contributed by atoms with Crippen LogP contribution in [0.5, 0.6) is 0 Å². The highest BCUT2D eigenvalue weighted by Gasteiger charge is 2.04. The Morgan fingerprint density at radius 1 is 1.64 bits per heavy atom. The SMILES string of the molecule is NCc1cnccc1C(N)=O. The van der Waals surface area contributed by atoms with E-state index in [-0.39, 0.29) is 6.54 Å². The maximum Gasteiger partial charge on any atom is 0.249 e. The molecule has 11 heavy (non-hydrogen) atoms. The summed E-state index contributed by atoms with van der Waals surface area (Å²) in [7, 11) is 0. The largest absolute Gasteiger partial charge is 0.366 e. The summed E-state index contributed by atoms with van der Waals surface area (Å²) in [6.07, 6.45) is 3.05. The van der Waals surface area contributed by atoms with Gasteiger partial charge in [0.15, 0.2) is 0 Å². The van der Waals surface area contributed by atoms with Gasteiger partial charge in [0.1, 0.15) is 0 Å². The van der Waals surface area contributed by atoms with E-state index in [0.717, 1.165) is 0 Å². The molecule has 0 unspecified atom stereocenters. The van der Waals surface area contributed by atoms with E-state index in [2.05, 4.69) is 4.98 Å². The monoisotopic (exact) mass is 151 g/mol. The van der Waals surface area contributed by atoms with Crippen LogP contribution in [0, 0.1) is 0 Å². The molecule has 58 valence electrons. The van der Waals surface area contributed by atoms with E-state index in [9.17, 15) is 4.79 Å². The number of nitrogens with two attached hydrogens (primary N) is 2. The number of pyridine rings is 1. The van der Waals surface area contributed by atoms with Crippen LogP contribution in [0.15, 0.2) is 18.5 Å². The minimum atomic E-state index is -0.465. The van der Waals surface area contributed by atoms with Crippen LogP contribution in [-0.4, -0.2) is 10.9 Å². The molecule has 0 bridgehead atoms. The molecule has 0 fully saturated rings. The van der Waals surface area contributed by atoms with Crippen LogP contribution in [0.4, 0.5) is 0 Å². The van der Waals surface area contributed by atoms with Gasteiger partial charge in [0, 0.05) is 24.5 Å². The highest BCUT2D eigenvalue weighted by atomic mass is 16.1. The molecule has 0 aliphatic heterocycles. The summed E-state index contributed by atoms with van der Waals surface area (Å²) in [4.78, 5) is 14.5. The Morgan fingerprint density at radius 3 is 2.82 bits per heavy atom. The molecule has 0 aromatic carbocycles. The molecule has 1 heterocycles. The minimum Gasteiger partial charge on any atom is -0.366 e. The second-order valence-electron chi connectivity index (χ2n) is 2.10. The molecule has 4 N–H and O–H groups in total. The number of hydrogen-bond acceptors (Lipinski definition) is 3. The molecule has 0 radical (unpaired) electrons. The lowest BCUT2D eigenvalue weighted by atomic mass is 10.1. The third kappa shape index (κ3) is 1.53. The van der Waals surface area contributed by atoms with Gasteiger partial charge in [0.05, 0.1) is 0 Å². The Bertz CT molecular complexity index is 272. The Balaban J connectivity index is 3.12. The van der Waals surface area contributed by atoms with Crippen LogP contribution in [-0.2, 0) is 6.54 Å². The first-order valence-corrected chi connectivity index (χ1v) is 3.18. The van der Waals surface area contributed by atoms with E-state index < -0.39 is 5.91 Å². The average molecular weight is 151 g/mol. The van der Waals surface area contributed by atoms with Gasteiger partial charge >= 0.3 is 0 Å². The molecule has 0 saturated carbocycles. The van der Waals surface area contributed by atoms with Gasteiger partial charge in [-0.25, -0.2) is 0 Å². The fourth-order valence-electron chi connectivity index (χ4n) is 0.830. The van der Waals surface area contributed by atoms with E-state index in [1.54, 1.807) is 12.3 Å². The molecule has 0 atom stereocenters. The summed E-state index contributed by atoms with van der Waals surface area (Å²) in [6, 6.07) is 1.56. The van der Waals surface area contributed by atoms with Crippen molar-refractivity contribution >= 4 is 5.91 Å². The zero-order valence-electron chi connectivity index (χ0n) is 5.95. The maximum absolute atomic E-state index is 10.7. The second-order valence-corrected chi connectivity index (χ2v) is 2.10. The van der Waals surface area contributed by atoms with Crippen LogP contribution in [0.25, 0.3) is 0 Å². The highest BCUT2D eigenvalue weighted by Crippen LogP contribution is 2.03. The molecule has 0 aliphatic rings. The number of carbonyl (C=O) groups excluding carboxylic acids is 1. The van der Waals surface area contributed by atoms with Gasteiger partial charge in [-0.15, -0.1) is 0 Å². The number of aromatic nitrogens is 1. The van der Waals surface area contributed by atoms with Gasteiger partial charge < -0.3 is 11.5 Å². The van der Waals surface area contributed by atoms with Gasteiger partial charge in [-0.1, -0.05) is 0 Å². The Morgan fingerprint density at radius 2 is 2.36 bits per heavy atom. The highest BCUT2D eigenvalue weighted by molar-refractivity contribution is 5.94. The molecule has 1 aromatic heterocycles. The van der Waals surface area contributed by atoms with Crippen molar-refractivity contribution in [3.63, 3.8) is 0 Å². The quantitative estimate of drug-likeness (QED) is 0.605. The first kappa shape index (κ1) is 7.68. The second kappa shape index (κ2) is 3.12. The fourth-order valence-corrected chi connectivity index (χ4v) is 0.830. The zero-order chi connectivity index (χ0) is 8.27. The normalized spacial score (nSPS) is 9.55. The van der Waals surface area contributed by atoms with Crippen LogP contribution < -0.4 is 11.5 Å². The molecule has 0 aliphatic carbocycles. The number of amides is 1. The van der Waals surface area contributed by atoms with Gasteiger partial charge in [-0.2, -0.15) is 0 Å². The third-order valence-electron chi connectivity index (χ3n) is 1.39. The number of rotatable bonds is 2. The topological polar surface area (TPSA) is 82.0 Å². The smallest absolute Gasteiger partial charge is 0.249 e. The first-order valence-electron chi connectivity index (χ1n) is 3.18. The summed E-state index contributed by atoms with van der Waals surface area (Å²) in [6.45, 7) is 0.284. The first-order chi connectivity index (χ1) is 5.25. The number of primary amides is 1. The molecule has 0 saturated heterocycles. The standard InChI is InChI=1S/C7H9N3O/c8-3-5-4-10-2-1-6(5)7(9)11/h1-2,4H,3,8H2,(H2,9,11). The van der Waals surface area contributed by atoms with Crippen molar-refractivity contribution < 1.29 is 4.79 Å². The lowest BCUT2D eigenvalue weighted by Crippen LogP contribution is -2.15. The lowest BCUT2D eigenvalue weighted by Gasteiger charge is -2.00. The summed E-state index contributed by atoms with van der Waals surface area (Å²) in [5, 5.41) is 0. The number of carbonyl (C=O) groups is 1. The average Bonchev–Trinajstić information content (AvgIpc) is 2.04. The van der Waals surface area contributed by atoms with Gasteiger partial charge in [-0.05, 0) is 11.6 Å². The minimum absolute atomic E-state index is 0.284. The van der Waals surface area contributed by atoms with Crippen molar-refractivity contribution in [3.05, 3.63) is 29.6 Å². The molecular weight excluding hydrogens is 142 g/mol. The van der Waals surface area contributed by atoms with E-state index >= 15 is 0 Å². The van der Waals surface area contributed by atoms with Crippen molar-refractivity contribution in [3.8, 4) is 0 Å². The van der Waals surface area contributed by atoms with Crippen LogP contribution in [0.1, 0.15) is 15.9 Å². The third-order valence-corrected chi connectivity index (χ3v) is 1.39. The van der Waals surface area contributed by atoms with Crippen LogP contribution in [0.2, 0.25) is 0 Å². The zero-order valence-corrected chi connectivity index (χ0v) is 5.95. The van der Waals surface area contributed by atoms with Crippen molar-refractivity contribution in [2.45, 2.75) is 6.54 Å². The molecule has 1 aromatic rings. The maximum atomic E-state index is 10.7. The predicted molar refractivity (Wildman–Crippen MR) is 40.6 cm³/mol. The van der Waals surface area contributed by atoms with Crippen molar-refractivity contribution in [1.29, 1.82) is 0 Å². The van der Waals surface area contributed by atoms with E-state index in [1.807, 2.05) is 0 Å². The van der Waals surface area contributed by atoms with E-state index in [0.29, 0.717) is 11.1 Å². The Hall–Kier alpha value is -1.42. The van der Waals surface area contributed by atoms with Crippen molar-refractivity contribution in [1.82, 2.24) is 4.98 Å². The lowest BCUT2D eigenvalue weighted by molar-refractivity contribution is 0.0999. The summed E-state index contributed by atoms with van der Waals surface area (Å²) < 4.78 is 0. The number of nitrogens with zero attached hydrogens (tertiary/aromatic N) is 1. The molecular formula is C7H9N3O. The van der Waals surface area contributed by atoms with Gasteiger partial charge in [0.25, 0.3) is 0 Å². The summed E-state index contributed by atoms with van der Waals surface area (Å²) in [5.41, 5.74) is 11.5. The van der Waals surface area contributed by atoms with Gasteiger partial charge in [0.2, 0.25) is 5.91 Å². The van der Waals surface area contributed by atoms with Crippen molar-refractivity contribution in [2.75, 3.05) is 0 Å². The van der Waals surface area contributed by atoms with Crippen LogP contribution in [0.3, 0.4) is 0 Å². The summed E-state index contributed by atoms with van der Waals surface area (Å²) >= 11 is 0. The number of hydrogen-bond donors (Lipinski definition) is 2. The Labute approximate surface area is 64.2 Å². The van der Waals surface area contributed by atoms with Gasteiger partial charge in [-0.3, -0.25) is 9.78 Å². The molecule has 1 amide bonds. The predicted octanol–water partition coefficient (Wildman–Crippen LogP) is -0.361. The van der Waals surface area contributed by atoms with Crippen LogP contribution >= 0.6 is 0 Å². The molecule has 0 spiro atoms. The van der Waals surface area contributed by atoms with E-state index in [4.69, 9.17) is 11.5 Å². The van der Waals surface area contributed by atoms with Crippen molar-refractivity contribution in [2.24, 2.45) is 11.5 Å².